The highest BCUT2D eigenvalue weighted by atomic mass is 16.6. The fraction of sp³-hybridized carbons (Fsp3) is 0.919. The third-order valence-electron chi connectivity index (χ3n) is 8.74. The monoisotopic (exact) mass is 611 g/mol. The first-order valence-electron chi connectivity index (χ1n) is 18.5. The largest absolute Gasteiger partial charge is 0.440 e. The molecule has 0 aromatic rings. The topological polar surface area (TPSA) is 101 Å². The van der Waals surface area contributed by atoms with Crippen molar-refractivity contribution in [3.8, 4) is 0 Å². The zero-order chi connectivity index (χ0) is 32.0. The number of hydrogen-bond acceptors (Lipinski definition) is 6. The van der Waals surface area contributed by atoms with E-state index in [1.54, 1.807) is 0 Å². The van der Waals surface area contributed by atoms with Crippen molar-refractivity contribution in [2.45, 2.75) is 212 Å². The summed E-state index contributed by atoms with van der Waals surface area (Å²) in [5, 5.41) is 20.8. The molecule has 0 aliphatic heterocycles. The maximum atomic E-state index is 13.6. The van der Waals surface area contributed by atoms with Crippen LogP contribution in [0, 0.1) is 0 Å². The molecule has 0 heterocycles. The van der Waals surface area contributed by atoms with Gasteiger partial charge in [-0.1, -0.05) is 162 Å². The van der Waals surface area contributed by atoms with Gasteiger partial charge in [-0.2, -0.15) is 0 Å². The van der Waals surface area contributed by atoms with Gasteiger partial charge in [-0.3, -0.25) is 14.4 Å². The van der Waals surface area contributed by atoms with Crippen LogP contribution in [0.15, 0.2) is 0 Å². The SMILES string of the molecule is CCCCCCCCCCCC(=O)OC(C(=O)CCCCCCCCC)(C(=O)CCCCCCCCCCC)C(O)CO. The molecule has 2 unspecified atom stereocenters. The Labute approximate surface area is 265 Å². The molecule has 0 spiro atoms. The molecule has 6 heteroatoms. The van der Waals surface area contributed by atoms with Gasteiger partial charge >= 0.3 is 5.97 Å². The number of esters is 1. The maximum Gasteiger partial charge on any atom is 0.307 e. The summed E-state index contributed by atoms with van der Waals surface area (Å²) in [6.45, 7) is 5.78. The second kappa shape index (κ2) is 29.4. The molecule has 0 saturated heterocycles. The molecule has 254 valence electrons. The lowest BCUT2D eigenvalue weighted by Crippen LogP contribution is -2.60. The average molecular weight is 611 g/mol. The molecule has 0 aromatic carbocycles. The first kappa shape index (κ1) is 41.7. The van der Waals surface area contributed by atoms with Gasteiger partial charge in [-0.15, -0.1) is 0 Å². The summed E-state index contributed by atoms with van der Waals surface area (Å²) in [6.07, 6.45) is 25.2. The summed E-state index contributed by atoms with van der Waals surface area (Å²) in [4.78, 5) is 40.2. The highest BCUT2D eigenvalue weighted by Gasteiger charge is 2.53. The third kappa shape index (κ3) is 20.4. The summed E-state index contributed by atoms with van der Waals surface area (Å²) in [5.41, 5.74) is -2.30. The second-order valence-corrected chi connectivity index (χ2v) is 12.8. The van der Waals surface area contributed by atoms with Crippen LogP contribution in [-0.2, 0) is 19.1 Å². The minimum atomic E-state index is -2.30. The molecule has 0 rings (SSSR count). The van der Waals surface area contributed by atoms with Crippen molar-refractivity contribution >= 4 is 17.5 Å². The number of aliphatic hydroxyl groups is 2. The van der Waals surface area contributed by atoms with Crippen LogP contribution >= 0.6 is 0 Å². The Morgan fingerprint density at radius 1 is 0.488 bits per heavy atom. The van der Waals surface area contributed by atoms with E-state index >= 15 is 0 Å². The Kier molecular flexibility index (Phi) is 28.6. The quantitative estimate of drug-likeness (QED) is 0.0436. The summed E-state index contributed by atoms with van der Waals surface area (Å²) < 4.78 is 5.68. The van der Waals surface area contributed by atoms with E-state index in [9.17, 15) is 24.6 Å². The first-order chi connectivity index (χ1) is 20.9. The number of carbonyl (C=O) groups is 3. The van der Waals surface area contributed by atoms with Gasteiger partial charge in [0, 0.05) is 19.3 Å². The highest BCUT2D eigenvalue weighted by molar-refractivity contribution is 6.12. The average Bonchev–Trinajstić information content (AvgIpc) is 3.00. The zero-order valence-electron chi connectivity index (χ0n) is 28.6. The summed E-state index contributed by atoms with van der Waals surface area (Å²) in [7, 11) is 0. The smallest absolute Gasteiger partial charge is 0.307 e. The van der Waals surface area contributed by atoms with Crippen molar-refractivity contribution in [1.82, 2.24) is 0 Å². The lowest BCUT2D eigenvalue weighted by Gasteiger charge is -2.34. The van der Waals surface area contributed by atoms with Crippen LogP contribution < -0.4 is 0 Å². The minimum Gasteiger partial charge on any atom is -0.440 e. The molecular formula is C37H70O6. The van der Waals surface area contributed by atoms with Crippen LogP contribution in [0.4, 0.5) is 0 Å². The molecule has 0 aliphatic rings. The normalized spacial score (nSPS) is 13.5. The number of hydrogen-bond donors (Lipinski definition) is 2. The van der Waals surface area contributed by atoms with E-state index in [-0.39, 0.29) is 19.3 Å². The number of carbonyl (C=O) groups excluding carboxylic acids is 3. The van der Waals surface area contributed by atoms with Crippen molar-refractivity contribution in [2.75, 3.05) is 6.61 Å². The molecule has 0 aromatic heterocycles. The van der Waals surface area contributed by atoms with Gasteiger partial charge in [0.25, 0.3) is 5.60 Å². The predicted octanol–water partition coefficient (Wildman–Crippen LogP) is 9.74. The van der Waals surface area contributed by atoms with E-state index in [1.807, 2.05) is 0 Å². The lowest BCUT2D eigenvalue weighted by atomic mass is 9.82. The van der Waals surface area contributed by atoms with Gasteiger partial charge in [-0.25, -0.2) is 0 Å². The van der Waals surface area contributed by atoms with Crippen LogP contribution in [0.3, 0.4) is 0 Å². The van der Waals surface area contributed by atoms with Gasteiger partial charge in [0.1, 0.15) is 6.10 Å². The number of ketones is 2. The highest BCUT2D eigenvalue weighted by Crippen LogP contribution is 2.27. The molecule has 2 atom stereocenters. The number of unbranched alkanes of at least 4 members (excludes halogenated alkanes) is 22. The third-order valence-corrected chi connectivity index (χ3v) is 8.74. The molecule has 0 amide bonds. The van der Waals surface area contributed by atoms with E-state index in [4.69, 9.17) is 4.74 Å². The van der Waals surface area contributed by atoms with Crippen molar-refractivity contribution in [2.24, 2.45) is 0 Å². The number of ether oxygens (including phenoxy) is 1. The standard InChI is InChI=1S/C37H70O6/c1-4-7-10-13-16-18-21-24-27-30-34(40)37(35(41)32-38,33(39)29-26-23-20-15-12-9-6-3)43-36(42)31-28-25-22-19-17-14-11-8-5-2/h35,38,41H,4-32H2,1-3H3. The van der Waals surface area contributed by atoms with Crippen molar-refractivity contribution in [3.63, 3.8) is 0 Å². The first-order valence-corrected chi connectivity index (χ1v) is 18.5. The predicted molar refractivity (Wildman–Crippen MR) is 178 cm³/mol. The van der Waals surface area contributed by atoms with Gasteiger partial charge in [0.2, 0.25) is 0 Å². The fourth-order valence-corrected chi connectivity index (χ4v) is 5.86. The minimum absolute atomic E-state index is 0.0552. The molecule has 0 fully saturated rings. The van der Waals surface area contributed by atoms with Gasteiger partial charge < -0.3 is 14.9 Å². The van der Waals surface area contributed by atoms with E-state index in [0.717, 1.165) is 57.8 Å². The molecular weight excluding hydrogens is 540 g/mol. The Bertz CT molecular complexity index is 678. The van der Waals surface area contributed by atoms with Crippen LogP contribution in [-0.4, -0.2) is 46.1 Å². The van der Waals surface area contributed by atoms with E-state index in [0.29, 0.717) is 19.3 Å². The summed E-state index contributed by atoms with van der Waals surface area (Å²) in [5.74, 6) is -1.77. The van der Waals surface area contributed by atoms with Crippen molar-refractivity contribution in [1.29, 1.82) is 0 Å². The number of Topliss-reactive ketones (excluding diaryl/α,β-unsaturated/α-hetero) is 2. The molecule has 6 nitrogen and oxygen atoms in total. The van der Waals surface area contributed by atoms with E-state index in [1.165, 1.54) is 83.5 Å². The lowest BCUT2D eigenvalue weighted by molar-refractivity contribution is -0.188. The maximum absolute atomic E-state index is 13.6. The zero-order valence-corrected chi connectivity index (χ0v) is 28.6. The molecule has 43 heavy (non-hydrogen) atoms. The van der Waals surface area contributed by atoms with Crippen molar-refractivity contribution < 1.29 is 29.3 Å². The second-order valence-electron chi connectivity index (χ2n) is 12.8. The van der Waals surface area contributed by atoms with Gasteiger partial charge in [0.05, 0.1) is 6.61 Å². The Morgan fingerprint density at radius 3 is 1.07 bits per heavy atom. The van der Waals surface area contributed by atoms with Crippen LogP contribution in [0.2, 0.25) is 0 Å². The fourth-order valence-electron chi connectivity index (χ4n) is 5.86. The Hall–Kier alpha value is -1.27. The van der Waals surface area contributed by atoms with Crippen LogP contribution in [0.25, 0.3) is 0 Å². The Balaban J connectivity index is 5.10. The molecule has 0 aliphatic carbocycles. The summed E-state index contributed by atoms with van der Waals surface area (Å²) >= 11 is 0. The van der Waals surface area contributed by atoms with Crippen molar-refractivity contribution in [3.05, 3.63) is 0 Å². The van der Waals surface area contributed by atoms with E-state index < -0.39 is 35.8 Å². The molecule has 2 N–H and O–H groups in total. The van der Waals surface area contributed by atoms with E-state index in [2.05, 4.69) is 20.8 Å². The van der Waals surface area contributed by atoms with Gasteiger partial charge in [0.15, 0.2) is 11.6 Å². The summed E-state index contributed by atoms with van der Waals surface area (Å²) in [6, 6.07) is 0. The van der Waals surface area contributed by atoms with Crippen LogP contribution in [0.5, 0.6) is 0 Å². The molecule has 0 bridgehead atoms. The number of aliphatic hydroxyl groups excluding tert-OH is 2. The molecule has 0 saturated carbocycles. The Morgan fingerprint density at radius 2 is 0.767 bits per heavy atom. The van der Waals surface area contributed by atoms with Gasteiger partial charge in [-0.05, 0) is 19.3 Å². The van der Waals surface area contributed by atoms with Crippen LogP contribution in [0.1, 0.15) is 201 Å². The molecule has 0 radical (unpaired) electrons. The number of rotatable bonds is 33.